The minimum absolute atomic E-state index is 0. The number of unbranched alkanes of at least 4 members (excludes halogenated alkanes) is 4. The summed E-state index contributed by atoms with van der Waals surface area (Å²) in [5.41, 5.74) is 4.68. The fraction of sp³-hybridized carbons (Fsp3) is 0.424. The molecule has 0 aromatic heterocycles. The molecule has 6 atom stereocenters. The summed E-state index contributed by atoms with van der Waals surface area (Å²) < 4.78 is 0. The molecule has 5 aromatic rings. The molecule has 5 aromatic carbocycles. The topological polar surface area (TPSA) is 215 Å². The van der Waals surface area contributed by atoms with E-state index in [-0.39, 0.29) is 84.7 Å². The van der Waals surface area contributed by atoms with E-state index in [4.69, 9.17) is 0 Å². The van der Waals surface area contributed by atoms with Crippen molar-refractivity contribution in [3.05, 3.63) is 179 Å². The van der Waals surface area contributed by atoms with Crippen molar-refractivity contribution in [2.75, 3.05) is 27.2 Å². The first-order valence-corrected chi connectivity index (χ1v) is 29.3. The number of nitrogens with one attached hydrogen (secondary N) is 6. The molecule has 0 radical (unpaired) electrons. The minimum atomic E-state index is -0.855. The number of Topliss-reactive ketones (excluding diaryl/α,β-unsaturated/α-hetero) is 2. The largest absolute Gasteiger partial charge is 0.343 e. The number of benzene rings is 5. The Balaban J connectivity index is 0.00000645. The molecule has 450 valence electrons. The zero-order valence-corrected chi connectivity index (χ0v) is 50.4. The highest BCUT2D eigenvalue weighted by molar-refractivity contribution is 6.00. The molecule has 2 heterocycles. The molecular formula is C66H84Cl2N8O8. The maximum Gasteiger partial charge on any atom is 0.245 e. The van der Waals surface area contributed by atoms with Crippen LogP contribution in [0.2, 0.25) is 0 Å². The van der Waals surface area contributed by atoms with Crippen LogP contribution < -0.4 is 31.9 Å². The Morgan fingerprint density at radius 2 is 0.738 bits per heavy atom. The van der Waals surface area contributed by atoms with Crippen molar-refractivity contribution in [1.82, 2.24) is 41.7 Å². The first kappa shape index (κ1) is 67.5. The van der Waals surface area contributed by atoms with Gasteiger partial charge in [0, 0.05) is 37.1 Å². The summed E-state index contributed by atoms with van der Waals surface area (Å²) >= 11 is 0. The molecule has 7 rings (SSSR count). The van der Waals surface area contributed by atoms with E-state index in [9.17, 15) is 38.4 Å². The highest BCUT2D eigenvalue weighted by Gasteiger charge is 2.40. The normalized spacial score (nSPS) is 16.1. The van der Waals surface area contributed by atoms with E-state index in [1.807, 2.05) is 121 Å². The summed E-state index contributed by atoms with van der Waals surface area (Å²) in [6, 6.07) is 40.5. The highest BCUT2D eigenvalue weighted by Crippen LogP contribution is 2.28. The van der Waals surface area contributed by atoms with Crippen LogP contribution in [0.3, 0.4) is 0 Å². The van der Waals surface area contributed by atoms with Crippen molar-refractivity contribution in [2.24, 2.45) is 0 Å². The third-order valence-electron chi connectivity index (χ3n) is 16.0. The number of likely N-dealkylation sites (tertiary alicyclic amines) is 2. The van der Waals surface area contributed by atoms with Gasteiger partial charge in [0.1, 0.15) is 24.2 Å². The Morgan fingerprint density at radius 3 is 1.04 bits per heavy atom. The third kappa shape index (κ3) is 18.9. The quantitative estimate of drug-likeness (QED) is 0.0190. The molecule has 2 aliphatic rings. The molecule has 2 aliphatic heterocycles. The van der Waals surface area contributed by atoms with Crippen LogP contribution in [0.1, 0.15) is 159 Å². The molecular weight excluding hydrogens is 1100 g/mol. The van der Waals surface area contributed by atoms with Crippen LogP contribution >= 0.6 is 24.8 Å². The predicted octanol–water partition coefficient (Wildman–Crippen LogP) is 8.78. The van der Waals surface area contributed by atoms with Crippen LogP contribution in [0.5, 0.6) is 0 Å². The number of hydrogen-bond acceptors (Lipinski definition) is 10. The maximum absolute atomic E-state index is 14.3. The van der Waals surface area contributed by atoms with Crippen molar-refractivity contribution in [3.8, 4) is 0 Å². The van der Waals surface area contributed by atoms with Gasteiger partial charge in [-0.2, -0.15) is 0 Å². The summed E-state index contributed by atoms with van der Waals surface area (Å²) in [6.45, 7) is 4.22. The van der Waals surface area contributed by atoms with Crippen molar-refractivity contribution < 1.29 is 38.4 Å². The van der Waals surface area contributed by atoms with Crippen LogP contribution in [0.15, 0.2) is 146 Å². The molecule has 16 nitrogen and oxygen atoms in total. The Morgan fingerprint density at radius 1 is 0.429 bits per heavy atom. The standard InChI is InChI=1S/C66H82N8O8.2ClH/c1-45(67-3)61(77)69-53(65(81)73-43-23-35-55(73)63(79)71-59(49-25-11-5-12-26-49)50-27-13-6-14-28-50)33-19-9-21-37-57(75)47-39-41-48(42-40-47)58(76)38-22-10-20-34-54(70-62(78)46(2)68-4)66(82)74-44-24-36-56(74)64(80)72-60(51-29-15-7-16-30-51)52-31-17-8-18-32-52;;/h5-8,11-18,25-32,39-42,45-46,53-56,59-60,67-68H,9-10,19-24,33-38,43-44H2,1-4H3,(H,69,77)(H,70,78)(H,71,79)(H,72,80);2*1H/t45-,46-,53-,54-,55-,56-;;/m0../s1. The van der Waals surface area contributed by atoms with Crippen molar-refractivity contribution in [3.63, 3.8) is 0 Å². The summed E-state index contributed by atoms with van der Waals surface area (Å²) in [5.74, 6) is -1.88. The Kier molecular flexibility index (Phi) is 27.8. The van der Waals surface area contributed by atoms with E-state index >= 15 is 0 Å². The number of halogens is 2. The van der Waals surface area contributed by atoms with Crippen LogP contribution in [0.25, 0.3) is 0 Å². The van der Waals surface area contributed by atoms with Crippen molar-refractivity contribution >= 4 is 71.8 Å². The Hall–Kier alpha value is -7.24. The first-order chi connectivity index (χ1) is 39.8. The number of ketones is 2. The molecule has 0 aliphatic carbocycles. The number of carbonyl (C=O) groups is 8. The Labute approximate surface area is 507 Å². The van der Waals surface area contributed by atoms with E-state index < -0.39 is 48.3 Å². The number of carbonyl (C=O) groups excluding carboxylic acids is 8. The fourth-order valence-corrected chi connectivity index (χ4v) is 10.9. The number of amides is 6. The van der Waals surface area contributed by atoms with Gasteiger partial charge in [-0.05, 0) is 102 Å². The van der Waals surface area contributed by atoms with Gasteiger partial charge >= 0.3 is 0 Å². The molecule has 0 bridgehead atoms. The lowest BCUT2D eigenvalue weighted by Gasteiger charge is -2.30. The lowest BCUT2D eigenvalue weighted by molar-refractivity contribution is -0.142. The summed E-state index contributed by atoms with van der Waals surface area (Å²) in [6.07, 6.45) is 6.99. The van der Waals surface area contributed by atoms with Crippen LogP contribution in [0.4, 0.5) is 0 Å². The second-order valence-corrected chi connectivity index (χ2v) is 21.7. The van der Waals surface area contributed by atoms with Gasteiger partial charge in [0.05, 0.1) is 24.2 Å². The van der Waals surface area contributed by atoms with Crippen LogP contribution in [-0.2, 0) is 28.8 Å². The van der Waals surface area contributed by atoms with Gasteiger partial charge in [0.25, 0.3) is 0 Å². The minimum Gasteiger partial charge on any atom is -0.343 e. The highest BCUT2D eigenvalue weighted by atomic mass is 35.5. The number of rotatable bonds is 30. The molecule has 0 spiro atoms. The lowest BCUT2D eigenvalue weighted by Crippen LogP contribution is -2.55. The van der Waals surface area contributed by atoms with Crippen LogP contribution in [0, 0.1) is 0 Å². The summed E-state index contributed by atoms with van der Waals surface area (Å²) in [4.78, 5) is 113. The number of hydrogen-bond donors (Lipinski definition) is 6. The molecule has 6 N–H and O–H groups in total. The zero-order valence-electron chi connectivity index (χ0n) is 48.8. The van der Waals surface area contributed by atoms with E-state index in [2.05, 4.69) is 31.9 Å². The van der Waals surface area contributed by atoms with Gasteiger partial charge in [-0.1, -0.05) is 171 Å². The fourth-order valence-electron chi connectivity index (χ4n) is 10.9. The van der Waals surface area contributed by atoms with Crippen LogP contribution in [-0.4, -0.2) is 120 Å². The second kappa shape index (κ2) is 34.5. The molecule has 84 heavy (non-hydrogen) atoms. The molecule has 2 saturated heterocycles. The molecule has 6 amide bonds. The summed E-state index contributed by atoms with van der Waals surface area (Å²) in [7, 11) is 3.35. The molecule has 0 saturated carbocycles. The SMILES string of the molecule is CN[C@@H](C)C(=O)N[C@@H](CCCCCC(=O)c1ccc(C(=O)CCCCC[C@H](NC(=O)[C@H](C)NC)C(=O)N2CCC[C@H]2C(=O)NC(c2ccccc2)c2ccccc2)cc1)C(=O)N1CCC[C@H]1C(=O)NC(c1ccccc1)c1ccccc1.Cl.Cl. The average molecular weight is 1190 g/mol. The molecule has 0 unspecified atom stereocenters. The van der Waals surface area contributed by atoms with E-state index in [1.165, 1.54) is 0 Å². The van der Waals surface area contributed by atoms with E-state index in [0.29, 0.717) is 101 Å². The van der Waals surface area contributed by atoms with Crippen molar-refractivity contribution in [2.45, 2.75) is 152 Å². The lowest BCUT2D eigenvalue weighted by atomic mass is 9.98. The third-order valence-corrected chi connectivity index (χ3v) is 16.0. The molecule has 18 heteroatoms. The second-order valence-electron chi connectivity index (χ2n) is 21.7. The first-order valence-electron chi connectivity index (χ1n) is 29.3. The average Bonchev–Trinajstić information content (AvgIpc) is 4.16. The maximum atomic E-state index is 14.3. The van der Waals surface area contributed by atoms with Gasteiger partial charge in [0.15, 0.2) is 11.6 Å². The van der Waals surface area contributed by atoms with Crippen molar-refractivity contribution in [1.29, 1.82) is 0 Å². The van der Waals surface area contributed by atoms with Gasteiger partial charge in [-0.3, -0.25) is 38.4 Å². The molecule has 2 fully saturated rings. The van der Waals surface area contributed by atoms with E-state index in [0.717, 1.165) is 22.3 Å². The summed E-state index contributed by atoms with van der Waals surface area (Å²) in [5, 5.41) is 18.2. The predicted molar refractivity (Wildman–Crippen MR) is 332 cm³/mol. The smallest absolute Gasteiger partial charge is 0.245 e. The van der Waals surface area contributed by atoms with Gasteiger partial charge in [-0.25, -0.2) is 0 Å². The number of nitrogens with zero attached hydrogens (tertiary/aromatic N) is 2. The van der Waals surface area contributed by atoms with Gasteiger partial charge in [0.2, 0.25) is 35.4 Å². The zero-order chi connectivity index (χ0) is 58.4. The van der Waals surface area contributed by atoms with E-state index in [1.54, 1.807) is 62.0 Å². The van der Waals surface area contributed by atoms with Gasteiger partial charge < -0.3 is 41.7 Å². The Bertz CT molecular complexity index is 2630. The number of likely N-dealkylation sites (N-methyl/N-ethyl adjacent to an activating group) is 2. The monoisotopic (exact) mass is 1190 g/mol. The van der Waals surface area contributed by atoms with Gasteiger partial charge in [-0.15, -0.1) is 24.8 Å².